The molecule has 0 aromatic carbocycles. The number of hydrogen-bond acceptors (Lipinski definition) is 4. The molecule has 2 saturated carbocycles. The van der Waals surface area contributed by atoms with Crippen LogP contribution in [0.1, 0.15) is 74.0 Å². The normalized spacial score (nSPS) is 20.4. The molecule has 0 bridgehead atoms. The first-order valence-corrected chi connectivity index (χ1v) is 9.82. The molecule has 1 spiro atoms. The van der Waals surface area contributed by atoms with E-state index in [1.807, 2.05) is 13.2 Å². The van der Waals surface area contributed by atoms with Gasteiger partial charge in [0.2, 0.25) is 5.89 Å². The molecule has 0 atom stereocenters. The zero-order chi connectivity index (χ0) is 18.1. The van der Waals surface area contributed by atoms with Crippen molar-refractivity contribution < 1.29 is 9.21 Å². The lowest BCUT2D eigenvalue weighted by Gasteiger charge is -2.43. The van der Waals surface area contributed by atoms with Crippen molar-refractivity contribution in [2.75, 3.05) is 0 Å². The van der Waals surface area contributed by atoms with E-state index in [-0.39, 0.29) is 11.9 Å². The van der Waals surface area contributed by atoms with Crippen molar-refractivity contribution in [3.05, 3.63) is 23.8 Å². The van der Waals surface area contributed by atoms with E-state index < -0.39 is 0 Å². The highest BCUT2D eigenvalue weighted by atomic mass is 16.4. The lowest BCUT2D eigenvalue weighted by Crippen LogP contribution is -2.41. The smallest absolute Gasteiger partial charge is 0.273 e. The van der Waals surface area contributed by atoms with Crippen LogP contribution in [0.5, 0.6) is 0 Å². The molecule has 6 heteroatoms. The molecule has 140 valence electrons. The van der Waals surface area contributed by atoms with E-state index in [2.05, 4.69) is 15.4 Å². The van der Waals surface area contributed by atoms with Crippen LogP contribution in [0.4, 0.5) is 0 Å². The van der Waals surface area contributed by atoms with Crippen LogP contribution in [-0.4, -0.2) is 26.7 Å². The van der Waals surface area contributed by atoms with Crippen molar-refractivity contribution in [3.8, 4) is 11.5 Å². The highest BCUT2D eigenvalue weighted by Crippen LogP contribution is 2.47. The van der Waals surface area contributed by atoms with Gasteiger partial charge in [-0.2, -0.15) is 5.10 Å². The van der Waals surface area contributed by atoms with Crippen LogP contribution < -0.4 is 5.32 Å². The summed E-state index contributed by atoms with van der Waals surface area (Å²) in [5.74, 6) is 0.887. The molecule has 1 amide bonds. The summed E-state index contributed by atoms with van der Waals surface area (Å²) in [4.78, 5) is 17.1. The number of aryl methyl sites for hydroxylation is 2. The highest BCUT2D eigenvalue weighted by Gasteiger charge is 2.36. The summed E-state index contributed by atoms with van der Waals surface area (Å²) >= 11 is 0. The summed E-state index contributed by atoms with van der Waals surface area (Å²) in [6, 6.07) is 0.257. The molecule has 6 nitrogen and oxygen atoms in total. The van der Waals surface area contributed by atoms with E-state index in [4.69, 9.17) is 4.42 Å². The van der Waals surface area contributed by atoms with Crippen LogP contribution in [0.15, 0.2) is 16.8 Å². The summed E-state index contributed by atoms with van der Waals surface area (Å²) in [7, 11) is 1.84. The Morgan fingerprint density at radius 2 is 1.96 bits per heavy atom. The molecule has 0 unspecified atom stereocenters. The monoisotopic (exact) mass is 356 g/mol. The van der Waals surface area contributed by atoms with Gasteiger partial charge in [0.05, 0.1) is 11.8 Å². The Morgan fingerprint density at radius 1 is 1.23 bits per heavy atom. The van der Waals surface area contributed by atoms with Gasteiger partial charge in [-0.05, 0) is 50.9 Å². The molecule has 26 heavy (non-hydrogen) atoms. The van der Waals surface area contributed by atoms with Crippen molar-refractivity contribution in [2.45, 2.75) is 70.8 Å². The summed E-state index contributed by atoms with van der Waals surface area (Å²) in [6.07, 6.45) is 15.1. The molecular weight excluding hydrogens is 328 g/mol. The summed E-state index contributed by atoms with van der Waals surface area (Å²) in [5.41, 5.74) is 1.74. The molecule has 0 saturated heterocycles. The second-order valence-electron chi connectivity index (χ2n) is 8.13. The third-order valence-corrected chi connectivity index (χ3v) is 6.26. The van der Waals surface area contributed by atoms with Crippen molar-refractivity contribution >= 4 is 5.91 Å². The summed E-state index contributed by atoms with van der Waals surface area (Å²) in [5, 5.41) is 7.31. The first-order valence-electron chi connectivity index (χ1n) is 9.82. The number of rotatable bonds is 3. The number of nitrogens with one attached hydrogen (secondary N) is 1. The van der Waals surface area contributed by atoms with E-state index >= 15 is 0 Å². The maximum atomic E-state index is 12.7. The lowest BCUT2D eigenvalue weighted by atomic mass is 9.64. The fraction of sp³-hybridized carbons (Fsp3) is 0.650. The highest BCUT2D eigenvalue weighted by molar-refractivity contribution is 5.93. The number of hydrogen-bond donors (Lipinski definition) is 1. The Kier molecular flexibility index (Phi) is 4.59. The quantitative estimate of drug-likeness (QED) is 0.902. The average molecular weight is 356 g/mol. The number of carbonyl (C=O) groups is 1. The van der Waals surface area contributed by atoms with E-state index in [0.29, 0.717) is 22.8 Å². The standard InChI is InChI=1S/C20H28N4O2/c1-14-17(23-19(26-14)15-12-21-24(2)13-15)18(25)22-16-6-10-20(11-7-16)8-4-3-5-9-20/h12-13,16H,3-11H2,1-2H3,(H,22,25). The van der Waals surface area contributed by atoms with E-state index in [0.717, 1.165) is 18.4 Å². The van der Waals surface area contributed by atoms with Crippen molar-refractivity contribution in [2.24, 2.45) is 12.5 Å². The largest absolute Gasteiger partial charge is 0.440 e. The van der Waals surface area contributed by atoms with Gasteiger partial charge in [0, 0.05) is 19.3 Å². The summed E-state index contributed by atoms with van der Waals surface area (Å²) in [6.45, 7) is 1.79. The van der Waals surface area contributed by atoms with Crippen molar-refractivity contribution in [1.29, 1.82) is 0 Å². The van der Waals surface area contributed by atoms with Gasteiger partial charge >= 0.3 is 0 Å². The molecule has 2 aromatic rings. The second kappa shape index (κ2) is 6.89. The minimum absolute atomic E-state index is 0.119. The molecule has 2 heterocycles. The number of amides is 1. The molecule has 0 aliphatic heterocycles. The van der Waals surface area contributed by atoms with Crippen LogP contribution >= 0.6 is 0 Å². The minimum Gasteiger partial charge on any atom is -0.440 e. The Labute approximate surface area is 154 Å². The molecule has 1 N–H and O–H groups in total. The van der Waals surface area contributed by atoms with E-state index in [9.17, 15) is 4.79 Å². The van der Waals surface area contributed by atoms with Gasteiger partial charge < -0.3 is 9.73 Å². The molecule has 2 fully saturated rings. The Bertz CT molecular complexity index is 776. The fourth-order valence-electron chi connectivity index (χ4n) is 4.69. The number of nitrogens with zero attached hydrogens (tertiary/aromatic N) is 3. The number of carbonyl (C=O) groups excluding carboxylic acids is 1. The molecule has 4 rings (SSSR count). The van der Waals surface area contributed by atoms with Crippen LogP contribution in [-0.2, 0) is 7.05 Å². The maximum absolute atomic E-state index is 12.7. The number of oxazole rings is 1. The third kappa shape index (κ3) is 3.41. The Hall–Kier alpha value is -2.11. The van der Waals surface area contributed by atoms with Gasteiger partial charge in [-0.15, -0.1) is 0 Å². The van der Waals surface area contributed by atoms with Crippen LogP contribution in [0.25, 0.3) is 11.5 Å². The van der Waals surface area contributed by atoms with Crippen molar-refractivity contribution in [3.63, 3.8) is 0 Å². The predicted molar refractivity (Wildman–Crippen MR) is 98.7 cm³/mol. The zero-order valence-corrected chi connectivity index (χ0v) is 15.8. The molecule has 0 radical (unpaired) electrons. The van der Waals surface area contributed by atoms with Gasteiger partial charge in [0.1, 0.15) is 5.76 Å². The van der Waals surface area contributed by atoms with Gasteiger partial charge in [-0.3, -0.25) is 9.48 Å². The number of aromatic nitrogens is 3. The Balaban J connectivity index is 1.39. The van der Waals surface area contributed by atoms with Crippen LogP contribution in [0, 0.1) is 12.3 Å². The molecule has 2 aromatic heterocycles. The predicted octanol–water partition coefficient (Wildman–Crippen LogP) is 4.01. The molecular formula is C20H28N4O2. The first-order chi connectivity index (χ1) is 12.5. The fourth-order valence-corrected chi connectivity index (χ4v) is 4.69. The topological polar surface area (TPSA) is 73.0 Å². The first kappa shape index (κ1) is 17.3. The SMILES string of the molecule is Cc1oc(-c2cnn(C)c2)nc1C(=O)NC1CCC2(CCCCC2)CC1. The van der Waals surface area contributed by atoms with Gasteiger partial charge in [0.15, 0.2) is 5.69 Å². The average Bonchev–Trinajstić information content (AvgIpc) is 3.24. The minimum atomic E-state index is -0.119. The Morgan fingerprint density at radius 3 is 2.62 bits per heavy atom. The molecule has 2 aliphatic rings. The maximum Gasteiger partial charge on any atom is 0.273 e. The molecule has 2 aliphatic carbocycles. The third-order valence-electron chi connectivity index (χ3n) is 6.26. The summed E-state index contributed by atoms with van der Waals surface area (Å²) < 4.78 is 7.38. The van der Waals surface area contributed by atoms with Gasteiger partial charge in [-0.1, -0.05) is 19.3 Å². The van der Waals surface area contributed by atoms with Crippen LogP contribution in [0.3, 0.4) is 0 Å². The van der Waals surface area contributed by atoms with E-state index in [1.165, 1.54) is 44.9 Å². The lowest BCUT2D eigenvalue weighted by molar-refractivity contribution is 0.0831. The second-order valence-corrected chi connectivity index (χ2v) is 8.13. The zero-order valence-electron chi connectivity index (χ0n) is 15.8. The van der Waals surface area contributed by atoms with Gasteiger partial charge in [-0.25, -0.2) is 4.98 Å². The van der Waals surface area contributed by atoms with Crippen molar-refractivity contribution in [1.82, 2.24) is 20.1 Å². The van der Waals surface area contributed by atoms with E-state index in [1.54, 1.807) is 17.8 Å². The van der Waals surface area contributed by atoms with Crippen LogP contribution in [0.2, 0.25) is 0 Å². The van der Waals surface area contributed by atoms with Gasteiger partial charge in [0.25, 0.3) is 5.91 Å².